The number of benzene rings is 1. The minimum absolute atomic E-state index is 0.0362. The van der Waals surface area contributed by atoms with Gasteiger partial charge in [0.25, 0.3) is 5.91 Å². The first kappa shape index (κ1) is 15.6. The first-order valence-corrected chi connectivity index (χ1v) is 9.47. The lowest BCUT2D eigenvalue weighted by molar-refractivity contribution is -0.117. The number of nitrogens with one attached hydrogen (secondary N) is 1. The number of thiazole rings is 1. The fourth-order valence-electron chi connectivity index (χ4n) is 3.19. The topological polar surface area (TPSA) is 80.8 Å². The van der Waals surface area contributed by atoms with Crippen molar-refractivity contribution < 1.29 is 19.1 Å². The average Bonchev–Trinajstić information content (AvgIpc) is 3.27. The molecule has 2 amide bonds. The summed E-state index contributed by atoms with van der Waals surface area (Å²) in [4.78, 5) is 32.1. The molecule has 134 valence electrons. The van der Waals surface area contributed by atoms with Crippen LogP contribution in [-0.4, -0.2) is 35.0 Å². The van der Waals surface area contributed by atoms with Gasteiger partial charge in [0.05, 0.1) is 12.2 Å². The lowest BCUT2D eigenvalue weighted by Crippen LogP contribution is -2.35. The molecule has 1 fully saturated rings. The van der Waals surface area contributed by atoms with Crippen molar-refractivity contribution in [3.8, 4) is 11.5 Å². The summed E-state index contributed by atoms with van der Waals surface area (Å²) in [7, 11) is 0. The first-order valence-electron chi connectivity index (χ1n) is 8.66. The molecule has 1 aromatic carbocycles. The standard InChI is InChI=1S/C18H17N3O4S/c22-16(10-1-2-10)20-18-19-12-5-6-21(8-15(12)26-18)17(23)11-3-4-13-14(7-11)25-9-24-13/h3-4,7,10H,1-2,5-6,8-9H2,(H,19,20,22). The quantitative estimate of drug-likeness (QED) is 0.896. The normalized spacial score (nSPS) is 17.8. The van der Waals surface area contributed by atoms with Crippen molar-refractivity contribution in [3.63, 3.8) is 0 Å². The highest BCUT2D eigenvalue weighted by Crippen LogP contribution is 2.35. The highest BCUT2D eigenvalue weighted by atomic mass is 32.1. The van der Waals surface area contributed by atoms with Crippen LogP contribution in [0.5, 0.6) is 11.5 Å². The molecule has 3 aliphatic rings. The third kappa shape index (κ3) is 2.80. The Labute approximate surface area is 153 Å². The predicted octanol–water partition coefficient (Wildman–Crippen LogP) is 2.42. The van der Waals surface area contributed by atoms with E-state index in [0.717, 1.165) is 23.4 Å². The summed E-state index contributed by atoms with van der Waals surface area (Å²) in [6, 6.07) is 5.26. The Balaban J connectivity index is 1.31. The Morgan fingerprint density at radius 1 is 1.23 bits per heavy atom. The summed E-state index contributed by atoms with van der Waals surface area (Å²) in [5.41, 5.74) is 1.57. The van der Waals surface area contributed by atoms with Gasteiger partial charge >= 0.3 is 0 Å². The van der Waals surface area contributed by atoms with E-state index in [4.69, 9.17) is 9.47 Å². The number of ether oxygens (including phenoxy) is 2. The zero-order valence-corrected chi connectivity index (χ0v) is 14.8. The average molecular weight is 371 g/mol. The van der Waals surface area contributed by atoms with Gasteiger partial charge in [-0.15, -0.1) is 0 Å². The number of hydrogen-bond acceptors (Lipinski definition) is 6. The largest absolute Gasteiger partial charge is 0.454 e. The number of hydrogen-bond donors (Lipinski definition) is 1. The van der Waals surface area contributed by atoms with Crippen molar-refractivity contribution in [1.29, 1.82) is 0 Å². The Morgan fingerprint density at radius 2 is 2.08 bits per heavy atom. The molecule has 0 radical (unpaired) electrons. The Morgan fingerprint density at radius 3 is 2.92 bits per heavy atom. The number of carbonyl (C=O) groups excluding carboxylic acids is 2. The molecule has 2 aromatic rings. The van der Waals surface area contributed by atoms with E-state index in [9.17, 15) is 9.59 Å². The van der Waals surface area contributed by atoms with E-state index < -0.39 is 0 Å². The number of carbonyl (C=O) groups is 2. The maximum absolute atomic E-state index is 12.8. The highest BCUT2D eigenvalue weighted by Gasteiger charge is 2.31. The summed E-state index contributed by atoms with van der Waals surface area (Å²) in [5.74, 6) is 1.45. The van der Waals surface area contributed by atoms with Crippen molar-refractivity contribution in [2.24, 2.45) is 5.92 Å². The monoisotopic (exact) mass is 371 g/mol. The number of rotatable bonds is 3. The van der Waals surface area contributed by atoms with Crippen LogP contribution in [0.1, 0.15) is 33.8 Å². The lowest BCUT2D eigenvalue weighted by atomic mass is 10.1. The van der Waals surface area contributed by atoms with E-state index in [1.807, 2.05) is 4.90 Å². The SMILES string of the molecule is O=C(Nc1nc2c(s1)CN(C(=O)c1ccc3c(c1)OCO3)CC2)C1CC1. The van der Waals surface area contributed by atoms with E-state index in [-0.39, 0.29) is 24.5 Å². The van der Waals surface area contributed by atoms with Crippen LogP contribution in [0.4, 0.5) is 5.13 Å². The van der Waals surface area contributed by atoms with Crippen molar-refractivity contribution >= 4 is 28.3 Å². The zero-order valence-electron chi connectivity index (χ0n) is 14.0. The van der Waals surface area contributed by atoms with Crippen molar-refractivity contribution in [3.05, 3.63) is 34.3 Å². The van der Waals surface area contributed by atoms with Gasteiger partial charge < -0.3 is 19.7 Å². The minimum atomic E-state index is -0.0362. The summed E-state index contributed by atoms with van der Waals surface area (Å²) in [6.45, 7) is 1.32. The van der Waals surface area contributed by atoms with Gasteiger partial charge in [-0.2, -0.15) is 0 Å². The molecule has 7 nitrogen and oxygen atoms in total. The third-order valence-corrected chi connectivity index (χ3v) is 5.81. The second kappa shape index (κ2) is 5.98. The molecule has 1 saturated carbocycles. The van der Waals surface area contributed by atoms with Crippen LogP contribution in [0.15, 0.2) is 18.2 Å². The van der Waals surface area contributed by atoms with E-state index in [2.05, 4.69) is 10.3 Å². The molecule has 1 aliphatic carbocycles. The fourth-order valence-corrected chi connectivity index (χ4v) is 4.21. The Hall–Kier alpha value is -2.61. The molecular weight excluding hydrogens is 354 g/mol. The maximum atomic E-state index is 12.8. The molecule has 2 aliphatic heterocycles. The maximum Gasteiger partial charge on any atom is 0.254 e. The molecule has 0 unspecified atom stereocenters. The van der Waals surface area contributed by atoms with Gasteiger partial charge in [-0.3, -0.25) is 9.59 Å². The van der Waals surface area contributed by atoms with Crippen LogP contribution in [0.25, 0.3) is 0 Å². The molecule has 5 rings (SSSR count). The molecule has 8 heteroatoms. The van der Waals surface area contributed by atoms with Gasteiger partial charge in [0.1, 0.15) is 0 Å². The van der Waals surface area contributed by atoms with Gasteiger partial charge in [-0.25, -0.2) is 4.98 Å². The number of fused-ring (bicyclic) bond motifs is 2. The van der Waals surface area contributed by atoms with Crippen LogP contribution in [0, 0.1) is 5.92 Å². The number of anilines is 1. The molecule has 1 N–H and O–H groups in total. The number of nitrogens with zero attached hydrogens (tertiary/aromatic N) is 2. The summed E-state index contributed by atoms with van der Waals surface area (Å²) < 4.78 is 10.6. The molecule has 0 bridgehead atoms. The first-order chi connectivity index (χ1) is 12.7. The van der Waals surface area contributed by atoms with Crippen LogP contribution in [0.2, 0.25) is 0 Å². The molecule has 0 atom stereocenters. The summed E-state index contributed by atoms with van der Waals surface area (Å²) in [5, 5.41) is 3.54. The summed E-state index contributed by atoms with van der Waals surface area (Å²) >= 11 is 1.46. The zero-order chi connectivity index (χ0) is 17.7. The molecule has 0 spiro atoms. The van der Waals surface area contributed by atoms with Crippen LogP contribution < -0.4 is 14.8 Å². The summed E-state index contributed by atoms with van der Waals surface area (Å²) in [6.07, 6.45) is 2.63. The number of aromatic nitrogens is 1. The van der Waals surface area contributed by atoms with Crippen molar-refractivity contribution in [2.45, 2.75) is 25.8 Å². The molecule has 26 heavy (non-hydrogen) atoms. The van der Waals surface area contributed by atoms with E-state index >= 15 is 0 Å². The van der Waals surface area contributed by atoms with Gasteiger partial charge in [0.15, 0.2) is 16.6 Å². The van der Waals surface area contributed by atoms with Gasteiger partial charge in [-0.1, -0.05) is 11.3 Å². The lowest BCUT2D eigenvalue weighted by Gasteiger charge is -2.26. The molecular formula is C18H17N3O4S. The van der Waals surface area contributed by atoms with Crippen LogP contribution in [0.3, 0.4) is 0 Å². The third-order valence-electron chi connectivity index (χ3n) is 4.82. The molecule has 3 heterocycles. The molecule has 0 saturated heterocycles. The second-order valence-electron chi connectivity index (χ2n) is 6.70. The van der Waals surface area contributed by atoms with E-state index in [1.165, 1.54) is 11.3 Å². The predicted molar refractivity (Wildman–Crippen MR) is 94.5 cm³/mol. The van der Waals surface area contributed by atoms with E-state index in [1.54, 1.807) is 18.2 Å². The van der Waals surface area contributed by atoms with Crippen molar-refractivity contribution in [1.82, 2.24) is 9.88 Å². The van der Waals surface area contributed by atoms with Crippen molar-refractivity contribution in [2.75, 3.05) is 18.7 Å². The van der Waals surface area contributed by atoms with Crippen LogP contribution in [-0.2, 0) is 17.8 Å². The van der Waals surface area contributed by atoms with E-state index in [0.29, 0.717) is 41.7 Å². The highest BCUT2D eigenvalue weighted by molar-refractivity contribution is 7.15. The van der Waals surface area contributed by atoms with Crippen LogP contribution >= 0.6 is 11.3 Å². The number of amides is 2. The van der Waals surface area contributed by atoms with Gasteiger partial charge in [-0.05, 0) is 31.0 Å². The Kier molecular flexibility index (Phi) is 3.59. The van der Waals surface area contributed by atoms with Gasteiger partial charge in [0, 0.05) is 29.3 Å². The minimum Gasteiger partial charge on any atom is -0.454 e. The molecule has 1 aromatic heterocycles. The van der Waals surface area contributed by atoms with Gasteiger partial charge in [0.2, 0.25) is 12.7 Å². The Bertz CT molecular complexity index is 906. The smallest absolute Gasteiger partial charge is 0.254 e. The fraction of sp³-hybridized carbons (Fsp3) is 0.389. The second-order valence-corrected chi connectivity index (χ2v) is 7.78.